The first-order valence-corrected chi connectivity index (χ1v) is 5.60. The lowest BCUT2D eigenvalue weighted by Gasteiger charge is -2.24. The molecule has 1 unspecified atom stereocenters. The highest BCUT2D eigenvalue weighted by Gasteiger charge is 2.14. The van der Waals surface area contributed by atoms with Gasteiger partial charge >= 0.3 is 0 Å². The van der Waals surface area contributed by atoms with Crippen molar-refractivity contribution in [1.82, 2.24) is 9.97 Å². The third kappa shape index (κ3) is 3.58. The molecule has 0 bridgehead atoms. The van der Waals surface area contributed by atoms with Crippen molar-refractivity contribution < 1.29 is 5.21 Å². The van der Waals surface area contributed by atoms with Crippen LogP contribution in [0.2, 0.25) is 0 Å². The SMILES string of the molecule is CCN(CC(C)C(N)=NO)c1ccnc(C)n1. The van der Waals surface area contributed by atoms with E-state index in [1.165, 1.54) is 0 Å². The van der Waals surface area contributed by atoms with Crippen molar-refractivity contribution in [3.8, 4) is 0 Å². The summed E-state index contributed by atoms with van der Waals surface area (Å²) in [5.41, 5.74) is 5.57. The van der Waals surface area contributed by atoms with Gasteiger partial charge in [0, 0.05) is 25.2 Å². The molecule has 1 aromatic rings. The third-order valence-electron chi connectivity index (χ3n) is 2.58. The first-order valence-electron chi connectivity index (χ1n) is 5.60. The second-order valence-electron chi connectivity index (χ2n) is 3.93. The van der Waals surface area contributed by atoms with Crippen molar-refractivity contribution in [2.24, 2.45) is 16.8 Å². The predicted molar refractivity (Wildman–Crippen MR) is 67.2 cm³/mol. The lowest BCUT2D eigenvalue weighted by Crippen LogP contribution is -2.35. The summed E-state index contributed by atoms with van der Waals surface area (Å²) in [5.74, 6) is 1.79. The largest absolute Gasteiger partial charge is 0.409 e. The van der Waals surface area contributed by atoms with E-state index in [-0.39, 0.29) is 11.8 Å². The van der Waals surface area contributed by atoms with Crippen LogP contribution >= 0.6 is 0 Å². The Labute approximate surface area is 101 Å². The van der Waals surface area contributed by atoms with Crippen molar-refractivity contribution in [3.05, 3.63) is 18.1 Å². The van der Waals surface area contributed by atoms with E-state index in [0.717, 1.165) is 18.2 Å². The first-order chi connectivity index (χ1) is 8.08. The molecule has 6 heteroatoms. The molecule has 0 aliphatic rings. The second-order valence-corrected chi connectivity index (χ2v) is 3.93. The topological polar surface area (TPSA) is 87.6 Å². The molecule has 0 saturated carbocycles. The number of hydrogen-bond donors (Lipinski definition) is 2. The fourth-order valence-electron chi connectivity index (χ4n) is 1.53. The Bertz CT molecular complexity index is 393. The number of aryl methyl sites for hydroxylation is 1. The molecule has 1 rings (SSSR count). The number of nitrogens with zero attached hydrogens (tertiary/aromatic N) is 4. The van der Waals surface area contributed by atoms with Gasteiger partial charge in [0.05, 0.1) is 0 Å². The zero-order chi connectivity index (χ0) is 12.8. The Hall–Kier alpha value is -1.85. The molecule has 94 valence electrons. The average molecular weight is 237 g/mol. The molecule has 0 saturated heterocycles. The molecular formula is C11H19N5O. The van der Waals surface area contributed by atoms with Gasteiger partial charge in [0.25, 0.3) is 0 Å². The van der Waals surface area contributed by atoms with Gasteiger partial charge in [-0.1, -0.05) is 12.1 Å². The predicted octanol–water partition coefficient (Wildman–Crippen LogP) is 0.994. The van der Waals surface area contributed by atoms with Crippen molar-refractivity contribution >= 4 is 11.7 Å². The van der Waals surface area contributed by atoms with Crippen LogP contribution in [0, 0.1) is 12.8 Å². The molecule has 0 aliphatic carbocycles. The van der Waals surface area contributed by atoms with Gasteiger partial charge in [-0.2, -0.15) is 0 Å². The summed E-state index contributed by atoms with van der Waals surface area (Å²) in [5, 5.41) is 11.6. The number of hydrogen-bond acceptors (Lipinski definition) is 5. The number of anilines is 1. The monoisotopic (exact) mass is 237 g/mol. The normalized spacial score (nSPS) is 13.5. The summed E-state index contributed by atoms with van der Waals surface area (Å²) in [7, 11) is 0. The Balaban J connectivity index is 2.79. The number of aromatic nitrogens is 2. The van der Waals surface area contributed by atoms with Crippen LogP contribution in [0.5, 0.6) is 0 Å². The maximum atomic E-state index is 8.62. The van der Waals surface area contributed by atoms with Crippen molar-refractivity contribution in [2.75, 3.05) is 18.0 Å². The van der Waals surface area contributed by atoms with E-state index in [4.69, 9.17) is 10.9 Å². The molecule has 0 aliphatic heterocycles. The summed E-state index contributed by atoms with van der Waals surface area (Å²) in [6.45, 7) is 7.26. The van der Waals surface area contributed by atoms with E-state index >= 15 is 0 Å². The molecule has 1 heterocycles. The summed E-state index contributed by atoms with van der Waals surface area (Å²) < 4.78 is 0. The minimum atomic E-state index is -0.0322. The molecule has 1 aromatic heterocycles. The highest BCUT2D eigenvalue weighted by molar-refractivity contribution is 5.82. The van der Waals surface area contributed by atoms with Crippen molar-refractivity contribution in [2.45, 2.75) is 20.8 Å². The van der Waals surface area contributed by atoms with Crippen LogP contribution in [0.1, 0.15) is 19.7 Å². The molecular weight excluding hydrogens is 218 g/mol. The molecule has 1 atom stereocenters. The molecule has 17 heavy (non-hydrogen) atoms. The quantitative estimate of drug-likeness (QED) is 0.345. The molecule has 0 amide bonds. The minimum absolute atomic E-state index is 0.0322. The van der Waals surface area contributed by atoms with Crippen LogP contribution in [0.15, 0.2) is 17.4 Å². The molecule has 0 fully saturated rings. The lowest BCUT2D eigenvalue weighted by molar-refractivity contribution is 0.314. The number of amidine groups is 1. The lowest BCUT2D eigenvalue weighted by atomic mass is 10.1. The zero-order valence-electron chi connectivity index (χ0n) is 10.5. The van der Waals surface area contributed by atoms with Crippen molar-refractivity contribution in [3.63, 3.8) is 0 Å². The van der Waals surface area contributed by atoms with Crippen LogP contribution in [-0.2, 0) is 0 Å². The van der Waals surface area contributed by atoms with Gasteiger partial charge < -0.3 is 15.8 Å². The van der Waals surface area contributed by atoms with Gasteiger partial charge in [-0.3, -0.25) is 0 Å². The van der Waals surface area contributed by atoms with Gasteiger partial charge in [0.2, 0.25) is 0 Å². The number of nitrogens with two attached hydrogens (primary N) is 1. The molecule has 0 spiro atoms. The minimum Gasteiger partial charge on any atom is -0.409 e. The smallest absolute Gasteiger partial charge is 0.143 e. The summed E-state index contributed by atoms with van der Waals surface area (Å²) in [4.78, 5) is 10.5. The third-order valence-corrected chi connectivity index (χ3v) is 2.58. The molecule has 6 nitrogen and oxygen atoms in total. The van der Waals surface area contributed by atoms with E-state index in [0.29, 0.717) is 6.54 Å². The molecule has 0 aromatic carbocycles. The highest BCUT2D eigenvalue weighted by Crippen LogP contribution is 2.12. The van der Waals surface area contributed by atoms with E-state index in [2.05, 4.69) is 20.0 Å². The maximum Gasteiger partial charge on any atom is 0.143 e. The fraction of sp³-hybridized carbons (Fsp3) is 0.545. The van der Waals surface area contributed by atoms with Crippen LogP contribution in [0.25, 0.3) is 0 Å². The van der Waals surface area contributed by atoms with Gasteiger partial charge in [-0.15, -0.1) is 0 Å². The van der Waals surface area contributed by atoms with Gasteiger partial charge in [0.1, 0.15) is 17.5 Å². The Morgan fingerprint density at radius 2 is 2.35 bits per heavy atom. The van der Waals surface area contributed by atoms with Crippen molar-refractivity contribution in [1.29, 1.82) is 0 Å². The molecule has 0 radical (unpaired) electrons. The summed E-state index contributed by atoms with van der Waals surface area (Å²) in [6.07, 6.45) is 1.73. The Morgan fingerprint density at radius 3 is 2.88 bits per heavy atom. The van der Waals surface area contributed by atoms with Crippen LogP contribution in [0.4, 0.5) is 5.82 Å². The van der Waals surface area contributed by atoms with Crippen LogP contribution in [-0.4, -0.2) is 34.1 Å². The van der Waals surface area contributed by atoms with Crippen LogP contribution < -0.4 is 10.6 Å². The first kappa shape index (κ1) is 13.2. The summed E-state index contributed by atoms with van der Waals surface area (Å²) in [6, 6.07) is 1.86. The Kier molecular flexibility index (Phi) is 4.68. The fourth-order valence-corrected chi connectivity index (χ4v) is 1.53. The van der Waals surface area contributed by atoms with E-state index in [1.807, 2.05) is 26.8 Å². The zero-order valence-corrected chi connectivity index (χ0v) is 10.5. The second kappa shape index (κ2) is 6.03. The molecule has 3 N–H and O–H groups in total. The van der Waals surface area contributed by atoms with E-state index in [1.54, 1.807) is 6.20 Å². The van der Waals surface area contributed by atoms with Gasteiger partial charge in [-0.25, -0.2) is 9.97 Å². The van der Waals surface area contributed by atoms with E-state index < -0.39 is 0 Å². The maximum absolute atomic E-state index is 8.62. The highest BCUT2D eigenvalue weighted by atomic mass is 16.4. The average Bonchev–Trinajstić information content (AvgIpc) is 2.34. The van der Waals surface area contributed by atoms with Gasteiger partial charge in [0.15, 0.2) is 0 Å². The Morgan fingerprint density at radius 1 is 1.65 bits per heavy atom. The summed E-state index contributed by atoms with van der Waals surface area (Å²) >= 11 is 0. The van der Waals surface area contributed by atoms with Crippen LogP contribution in [0.3, 0.4) is 0 Å². The van der Waals surface area contributed by atoms with E-state index in [9.17, 15) is 0 Å². The number of oxime groups is 1. The standard InChI is InChI=1S/C11H19N5O/c1-4-16(7-8(2)11(12)15-17)10-5-6-13-9(3)14-10/h5-6,8,17H,4,7H2,1-3H3,(H2,12,15). The number of rotatable bonds is 5. The van der Waals surface area contributed by atoms with Gasteiger partial charge in [-0.05, 0) is 19.9 Å².